The normalized spacial score (nSPS) is 15.2. The van der Waals surface area contributed by atoms with Gasteiger partial charge >= 0.3 is 0 Å². The van der Waals surface area contributed by atoms with Gasteiger partial charge in [-0.1, -0.05) is 54.6 Å². The smallest absolute Gasteiger partial charge is 0.255 e. The van der Waals surface area contributed by atoms with Gasteiger partial charge in [-0.05, 0) is 48.7 Å². The first kappa shape index (κ1) is 19.1. The van der Waals surface area contributed by atoms with Crippen LogP contribution in [0.4, 0.5) is 5.69 Å². The van der Waals surface area contributed by atoms with Crippen molar-refractivity contribution in [1.29, 1.82) is 0 Å². The van der Waals surface area contributed by atoms with Crippen molar-refractivity contribution in [3.63, 3.8) is 0 Å². The first-order valence-corrected chi connectivity index (χ1v) is 10.4. The second kappa shape index (κ2) is 7.76. The molecule has 0 fully saturated rings. The topological polar surface area (TPSA) is 59.0 Å². The van der Waals surface area contributed by atoms with Crippen LogP contribution < -0.4 is 10.6 Å². The molecule has 1 atom stereocenters. The summed E-state index contributed by atoms with van der Waals surface area (Å²) in [6.45, 7) is 4.88. The number of hydrogen-bond acceptors (Lipinski definition) is 3. The number of nitrogens with one attached hydrogen (secondary N) is 2. The minimum absolute atomic E-state index is 0.0822. The fraction of sp³-hybridized carbons (Fsp3) is 0.154. The molecule has 0 saturated carbocycles. The van der Waals surface area contributed by atoms with Gasteiger partial charge < -0.3 is 10.6 Å². The first-order chi connectivity index (χ1) is 15.1. The highest BCUT2D eigenvalue weighted by molar-refractivity contribution is 6.01. The van der Waals surface area contributed by atoms with E-state index in [2.05, 4.69) is 54.8 Å². The number of carbonyl (C=O) groups excluding carboxylic acids is 1. The van der Waals surface area contributed by atoms with Crippen LogP contribution in [0.25, 0.3) is 11.3 Å². The Morgan fingerprint density at radius 3 is 2.48 bits per heavy atom. The molecule has 5 heteroatoms. The Hall–Kier alpha value is -3.86. The van der Waals surface area contributed by atoms with E-state index in [0.717, 1.165) is 22.5 Å². The number of benzene rings is 3. The van der Waals surface area contributed by atoms with E-state index in [1.807, 2.05) is 53.3 Å². The zero-order valence-electron chi connectivity index (χ0n) is 17.6. The number of fused-ring (bicyclic) bond motifs is 1. The molecule has 1 unspecified atom stereocenters. The van der Waals surface area contributed by atoms with Crippen molar-refractivity contribution in [1.82, 2.24) is 15.1 Å². The Balaban J connectivity index is 1.58. The Labute approximate surface area is 181 Å². The highest BCUT2D eigenvalue weighted by atomic mass is 16.2. The highest BCUT2D eigenvalue weighted by Gasteiger charge is 2.28. The summed E-state index contributed by atoms with van der Waals surface area (Å²) in [5.41, 5.74) is 7.98. The third-order valence-electron chi connectivity index (χ3n) is 5.82. The maximum absolute atomic E-state index is 12.7. The molecule has 1 aliphatic heterocycles. The van der Waals surface area contributed by atoms with Gasteiger partial charge in [0.05, 0.1) is 17.8 Å². The monoisotopic (exact) mass is 408 g/mol. The average Bonchev–Trinajstić information content (AvgIpc) is 3.20. The van der Waals surface area contributed by atoms with E-state index < -0.39 is 0 Å². The molecule has 154 valence electrons. The summed E-state index contributed by atoms with van der Waals surface area (Å²) in [6.07, 6.45) is 1.67. The van der Waals surface area contributed by atoms with Crippen molar-refractivity contribution >= 4 is 11.6 Å². The molecule has 2 N–H and O–H groups in total. The van der Waals surface area contributed by atoms with Gasteiger partial charge in [0.2, 0.25) is 0 Å². The van der Waals surface area contributed by atoms with Crippen molar-refractivity contribution in [2.45, 2.75) is 26.6 Å². The number of anilines is 1. The average molecular weight is 409 g/mol. The van der Waals surface area contributed by atoms with E-state index in [1.54, 1.807) is 0 Å². The lowest BCUT2D eigenvalue weighted by atomic mass is 10.00. The lowest BCUT2D eigenvalue weighted by Crippen LogP contribution is -2.38. The van der Waals surface area contributed by atoms with Crippen molar-refractivity contribution in [2.75, 3.05) is 5.32 Å². The van der Waals surface area contributed by atoms with Gasteiger partial charge in [-0.3, -0.25) is 9.48 Å². The maximum atomic E-state index is 12.7. The lowest BCUT2D eigenvalue weighted by molar-refractivity contribution is 0.0936. The van der Waals surface area contributed by atoms with Crippen molar-refractivity contribution in [2.24, 2.45) is 0 Å². The molecule has 0 saturated heterocycles. The number of amides is 1. The number of carbonyl (C=O) groups is 1. The van der Waals surface area contributed by atoms with Crippen molar-refractivity contribution in [3.8, 4) is 11.3 Å². The number of nitrogens with zero attached hydrogens (tertiary/aromatic N) is 2. The summed E-state index contributed by atoms with van der Waals surface area (Å²) >= 11 is 0. The standard InChI is InChI=1S/C26H24N4O/c1-17-12-13-20(14-18(17)2)24-22(16-30(29-24)15-19-8-4-3-5-9-19)25-27-23-11-7-6-10-21(23)26(31)28-25/h3-14,16,25,27H,15H2,1-2H3,(H,28,31). The number of hydrogen-bond donors (Lipinski definition) is 2. The van der Waals surface area contributed by atoms with E-state index in [0.29, 0.717) is 12.1 Å². The van der Waals surface area contributed by atoms with E-state index in [1.165, 1.54) is 16.7 Å². The molecular formula is C26H24N4O. The fourth-order valence-electron chi connectivity index (χ4n) is 3.98. The first-order valence-electron chi connectivity index (χ1n) is 10.4. The van der Waals surface area contributed by atoms with Crippen LogP contribution in [0.1, 0.15) is 38.8 Å². The van der Waals surface area contributed by atoms with Gasteiger partial charge in [-0.25, -0.2) is 0 Å². The molecular weight excluding hydrogens is 384 g/mol. The highest BCUT2D eigenvalue weighted by Crippen LogP contribution is 2.32. The molecule has 0 bridgehead atoms. The lowest BCUT2D eigenvalue weighted by Gasteiger charge is -2.27. The fourth-order valence-corrected chi connectivity index (χ4v) is 3.98. The molecule has 31 heavy (non-hydrogen) atoms. The van der Waals surface area contributed by atoms with Gasteiger partial charge in [-0.15, -0.1) is 0 Å². The third-order valence-corrected chi connectivity index (χ3v) is 5.82. The van der Waals surface area contributed by atoms with Crippen molar-refractivity contribution < 1.29 is 4.79 Å². The number of aromatic nitrogens is 2. The summed E-state index contributed by atoms with van der Waals surface area (Å²) < 4.78 is 1.95. The van der Waals surface area contributed by atoms with Crippen LogP contribution in [0, 0.1) is 13.8 Å². The largest absolute Gasteiger partial charge is 0.361 e. The van der Waals surface area contributed by atoms with Crippen LogP contribution in [0.2, 0.25) is 0 Å². The summed E-state index contributed by atoms with van der Waals surface area (Å²) in [5.74, 6) is -0.0822. The third kappa shape index (κ3) is 3.70. The molecule has 2 heterocycles. The summed E-state index contributed by atoms with van der Waals surface area (Å²) in [5, 5.41) is 11.5. The predicted molar refractivity (Wildman–Crippen MR) is 123 cm³/mol. The SMILES string of the molecule is Cc1ccc(-c2nn(Cc3ccccc3)cc2C2NC(=O)c3ccccc3N2)cc1C. The molecule has 0 aliphatic carbocycles. The zero-order valence-corrected chi connectivity index (χ0v) is 17.6. The molecule has 5 nitrogen and oxygen atoms in total. The molecule has 3 aromatic carbocycles. The minimum atomic E-state index is -0.358. The molecule has 1 aromatic heterocycles. The van der Waals surface area contributed by atoms with E-state index in [-0.39, 0.29) is 12.1 Å². The van der Waals surface area contributed by atoms with Crippen molar-refractivity contribution in [3.05, 3.63) is 107 Å². The van der Waals surface area contributed by atoms with Gasteiger partial charge in [0, 0.05) is 23.0 Å². The summed E-state index contributed by atoms with van der Waals surface area (Å²) in [7, 11) is 0. The molecule has 4 aromatic rings. The van der Waals surface area contributed by atoms with E-state index >= 15 is 0 Å². The molecule has 0 spiro atoms. The Bertz CT molecular complexity index is 1260. The molecule has 0 radical (unpaired) electrons. The quantitative estimate of drug-likeness (QED) is 0.496. The Kier molecular flexibility index (Phi) is 4.79. The molecule has 5 rings (SSSR count). The second-order valence-electron chi connectivity index (χ2n) is 8.01. The van der Waals surface area contributed by atoms with Gasteiger partial charge in [0.25, 0.3) is 5.91 Å². The van der Waals surface area contributed by atoms with Crippen LogP contribution in [-0.4, -0.2) is 15.7 Å². The van der Waals surface area contributed by atoms with Crippen LogP contribution in [0.15, 0.2) is 79.0 Å². The maximum Gasteiger partial charge on any atom is 0.255 e. The van der Waals surface area contributed by atoms with Crippen LogP contribution in [-0.2, 0) is 6.54 Å². The predicted octanol–water partition coefficient (Wildman–Crippen LogP) is 5.07. The summed E-state index contributed by atoms with van der Waals surface area (Å²) in [6, 6.07) is 24.2. The zero-order chi connectivity index (χ0) is 21.4. The van der Waals surface area contributed by atoms with Crippen LogP contribution in [0.3, 0.4) is 0 Å². The molecule has 1 aliphatic rings. The molecule has 1 amide bonds. The van der Waals surface area contributed by atoms with E-state index in [4.69, 9.17) is 5.10 Å². The Morgan fingerprint density at radius 2 is 1.68 bits per heavy atom. The van der Waals surface area contributed by atoms with Gasteiger partial charge in [0.15, 0.2) is 0 Å². The number of aryl methyl sites for hydroxylation is 2. The van der Waals surface area contributed by atoms with E-state index in [9.17, 15) is 4.79 Å². The van der Waals surface area contributed by atoms with Crippen LogP contribution >= 0.6 is 0 Å². The minimum Gasteiger partial charge on any atom is -0.361 e. The number of rotatable bonds is 4. The summed E-state index contributed by atoms with van der Waals surface area (Å²) in [4.78, 5) is 12.7. The number of para-hydroxylation sites is 1. The van der Waals surface area contributed by atoms with Crippen LogP contribution in [0.5, 0.6) is 0 Å². The van der Waals surface area contributed by atoms with Gasteiger partial charge in [-0.2, -0.15) is 5.10 Å². The second-order valence-corrected chi connectivity index (χ2v) is 8.01. The Morgan fingerprint density at radius 1 is 0.903 bits per heavy atom. The van der Waals surface area contributed by atoms with Gasteiger partial charge in [0.1, 0.15) is 6.17 Å².